The summed E-state index contributed by atoms with van der Waals surface area (Å²) in [6, 6.07) is 0. The van der Waals surface area contributed by atoms with Crippen molar-refractivity contribution in [2.45, 2.75) is 25.6 Å². The largest absolute Gasteiger partial charge is 0.279 e. The van der Waals surface area contributed by atoms with Gasteiger partial charge in [-0.3, -0.25) is 4.99 Å². The van der Waals surface area contributed by atoms with Gasteiger partial charge >= 0.3 is 0 Å². The second-order valence-corrected chi connectivity index (χ2v) is 2.31. The molecule has 0 N–H and O–H groups in total. The fraction of sp³-hybridized carbons (Fsp3) is 0.571. The van der Waals surface area contributed by atoms with Crippen molar-refractivity contribution in [1.29, 1.82) is 0 Å². The highest BCUT2D eigenvalue weighted by Gasteiger charge is 1.88. The van der Waals surface area contributed by atoms with E-state index in [4.69, 9.17) is 0 Å². The van der Waals surface area contributed by atoms with Crippen molar-refractivity contribution < 1.29 is 0 Å². The number of allylic oxidation sites excluding steroid dienone is 2. The summed E-state index contributed by atoms with van der Waals surface area (Å²) in [5.74, 6) is 0. The van der Waals surface area contributed by atoms with Gasteiger partial charge in [0.15, 0.2) is 0 Å². The molecule has 1 atom stereocenters. The SMILES string of the molecule is C/C=C\C=N/C(S)CC. The van der Waals surface area contributed by atoms with Gasteiger partial charge < -0.3 is 0 Å². The van der Waals surface area contributed by atoms with Gasteiger partial charge in [-0.15, -0.1) is 0 Å². The number of aliphatic imine (C=N–C) groups is 1. The third-order valence-electron chi connectivity index (χ3n) is 0.902. The average molecular weight is 143 g/mol. The Morgan fingerprint density at radius 1 is 1.67 bits per heavy atom. The lowest BCUT2D eigenvalue weighted by Gasteiger charge is -1.95. The first-order valence-corrected chi connectivity index (χ1v) is 3.65. The minimum Gasteiger partial charge on any atom is -0.279 e. The molecule has 0 aromatic rings. The van der Waals surface area contributed by atoms with Gasteiger partial charge in [-0.2, -0.15) is 12.6 Å². The highest BCUT2D eigenvalue weighted by atomic mass is 32.1. The van der Waals surface area contributed by atoms with Gasteiger partial charge in [-0.1, -0.05) is 13.0 Å². The number of hydrogen-bond acceptors (Lipinski definition) is 2. The molecule has 0 aliphatic rings. The molecule has 0 amide bonds. The molecule has 0 aromatic heterocycles. The quantitative estimate of drug-likeness (QED) is 0.460. The summed E-state index contributed by atoms with van der Waals surface area (Å²) in [6.07, 6.45) is 6.61. The van der Waals surface area contributed by atoms with E-state index in [2.05, 4.69) is 24.5 Å². The minimum absolute atomic E-state index is 0.168. The standard InChI is InChI=1S/C7H13NS/c1-3-5-6-8-7(9)4-2/h3,5-7,9H,4H2,1-2H3/b5-3-,8-6-. The Bertz CT molecular complexity index is 107. The van der Waals surface area contributed by atoms with Crippen LogP contribution in [-0.4, -0.2) is 11.6 Å². The van der Waals surface area contributed by atoms with Crippen LogP contribution in [0.3, 0.4) is 0 Å². The van der Waals surface area contributed by atoms with Gasteiger partial charge in [0, 0.05) is 6.21 Å². The van der Waals surface area contributed by atoms with Crippen molar-refractivity contribution in [3.8, 4) is 0 Å². The molecule has 1 nitrogen and oxygen atoms in total. The Morgan fingerprint density at radius 2 is 2.33 bits per heavy atom. The second-order valence-electron chi connectivity index (χ2n) is 1.71. The van der Waals surface area contributed by atoms with Gasteiger partial charge in [-0.05, 0) is 19.4 Å². The first-order chi connectivity index (χ1) is 4.31. The van der Waals surface area contributed by atoms with Crippen LogP contribution in [0.25, 0.3) is 0 Å². The van der Waals surface area contributed by atoms with E-state index >= 15 is 0 Å². The van der Waals surface area contributed by atoms with Crippen LogP contribution in [0, 0.1) is 0 Å². The third-order valence-corrected chi connectivity index (χ3v) is 1.40. The Balaban J connectivity index is 3.43. The van der Waals surface area contributed by atoms with Crippen LogP contribution in [-0.2, 0) is 0 Å². The summed E-state index contributed by atoms with van der Waals surface area (Å²) in [4.78, 5) is 4.08. The summed E-state index contributed by atoms with van der Waals surface area (Å²) in [7, 11) is 0. The van der Waals surface area contributed by atoms with Crippen LogP contribution >= 0.6 is 12.6 Å². The first kappa shape index (κ1) is 8.76. The van der Waals surface area contributed by atoms with E-state index in [1.54, 1.807) is 6.21 Å². The maximum absolute atomic E-state index is 4.17. The minimum atomic E-state index is 0.168. The van der Waals surface area contributed by atoms with E-state index < -0.39 is 0 Å². The molecule has 0 saturated heterocycles. The molecule has 0 rings (SSSR count). The van der Waals surface area contributed by atoms with Crippen LogP contribution in [0.5, 0.6) is 0 Å². The molecular weight excluding hydrogens is 130 g/mol. The molecule has 0 aromatic carbocycles. The molecule has 0 heterocycles. The zero-order valence-corrected chi connectivity index (χ0v) is 6.81. The maximum Gasteiger partial charge on any atom is 0.0920 e. The number of hydrogen-bond donors (Lipinski definition) is 1. The molecule has 0 aliphatic carbocycles. The normalized spacial score (nSPS) is 15.4. The molecule has 0 spiro atoms. The first-order valence-electron chi connectivity index (χ1n) is 3.13. The van der Waals surface area contributed by atoms with Crippen molar-refractivity contribution >= 4 is 18.8 Å². The van der Waals surface area contributed by atoms with Crippen LogP contribution in [0.2, 0.25) is 0 Å². The molecule has 0 radical (unpaired) electrons. The van der Waals surface area contributed by atoms with Crippen LogP contribution in [0.15, 0.2) is 17.1 Å². The molecule has 9 heavy (non-hydrogen) atoms. The maximum atomic E-state index is 4.17. The smallest absolute Gasteiger partial charge is 0.0920 e. The van der Waals surface area contributed by atoms with Gasteiger partial charge in [0.1, 0.15) is 0 Å². The Morgan fingerprint density at radius 3 is 2.78 bits per heavy atom. The average Bonchev–Trinajstić information content (AvgIpc) is 1.89. The van der Waals surface area contributed by atoms with Crippen molar-refractivity contribution in [2.75, 3.05) is 0 Å². The summed E-state index contributed by atoms with van der Waals surface area (Å²) in [6.45, 7) is 4.02. The van der Waals surface area contributed by atoms with Gasteiger partial charge in [0.05, 0.1) is 5.37 Å². The fourth-order valence-electron chi connectivity index (χ4n) is 0.341. The van der Waals surface area contributed by atoms with E-state index in [0.29, 0.717) is 0 Å². The zero-order chi connectivity index (χ0) is 7.11. The van der Waals surface area contributed by atoms with E-state index in [-0.39, 0.29) is 5.37 Å². The Kier molecular flexibility index (Phi) is 5.73. The van der Waals surface area contributed by atoms with E-state index in [1.165, 1.54) is 0 Å². The molecule has 1 unspecified atom stereocenters. The number of thiol groups is 1. The molecule has 52 valence electrons. The van der Waals surface area contributed by atoms with Crippen molar-refractivity contribution in [1.82, 2.24) is 0 Å². The summed E-state index contributed by atoms with van der Waals surface area (Å²) >= 11 is 4.17. The topological polar surface area (TPSA) is 12.4 Å². The molecule has 2 heteroatoms. The molecule has 0 bridgehead atoms. The second kappa shape index (κ2) is 5.89. The predicted octanol–water partition coefficient (Wildman–Crippen LogP) is 2.30. The van der Waals surface area contributed by atoms with Crippen LogP contribution in [0.1, 0.15) is 20.3 Å². The van der Waals surface area contributed by atoms with Crippen molar-refractivity contribution in [2.24, 2.45) is 4.99 Å². The van der Waals surface area contributed by atoms with Crippen molar-refractivity contribution in [3.63, 3.8) is 0 Å². The van der Waals surface area contributed by atoms with Gasteiger partial charge in [-0.25, -0.2) is 0 Å². The zero-order valence-electron chi connectivity index (χ0n) is 5.91. The summed E-state index contributed by atoms with van der Waals surface area (Å²) in [5, 5.41) is 0.168. The predicted molar refractivity (Wildman–Crippen MR) is 46.4 cm³/mol. The third kappa shape index (κ3) is 5.63. The fourth-order valence-corrected chi connectivity index (χ4v) is 0.417. The lowest BCUT2D eigenvalue weighted by molar-refractivity contribution is 0.881. The number of nitrogens with zero attached hydrogens (tertiary/aromatic N) is 1. The monoisotopic (exact) mass is 143 g/mol. The Labute approximate surface area is 62.3 Å². The van der Waals surface area contributed by atoms with E-state index in [1.807, 2.05) is 19.1 Å². The molecular formula is C7H13NS. The highest BCUT2D eigenvalue weighted by molar-refractivity contribution is 7.80. The molecule has 0 fully saturated rings. The lowest BCUT2D eigenvalue weighted by atomic mass is 10.5. The van der Waals surface area contributed by atoms with Crippen LogP contribution < -0.4 is 0 Å². The molecule has 0 saturated carbocycles. The van der Waals surface area contributed by atoms with Gasteiger partial charge in [0.2, 0.25) is 0 Å². The lowest BCUT2D eigenvalue weighted by Crippen LogP contribution is -1.88. The summed E-state index contributed by atoms with van der Waals surface area (Å²) in [5.41, 5.74) is 0. The Hall–Kier alpha value is -0.240. The van der Waals surface area contributed by atoms with E-state index in [9.17, 15) is 0 Å². The van der Waals surface area contributed by atoms with Crippen molar-refractivity contribution in [3.05, 3.63) is 12.2 Å². The van der Waals surface area contributed by atoms with E-state index in [0.717, 1.165) is 6.42 Å². The summed E-state index contributed by atoms with van der Waals surface area (Å²) < 4.78 is 0. The van der Waals surface area contributed by atoms with Gasteiger partial charge in [0.25, 0.3) is 0 Å². The molecule has 0 aliphatic heterocycles. The van der Waals surface area contributed by atoms with Crippen LogP contribution in [0.4, 0.5) is 0 Å². The number of rotatable bonds is 3. The highest BCUT2D eigenvalue weighted by Crippen LogP contribution is 1.99.